The molecule has 1 unspecified atom stereocenters. The first-order valence-electron chi connectivity index (χ1n) is 11.8. The Hall–Kier alpha value is -1.64. The quantitative estimate of drug-likeness (QED) is 0.447. The van der Waals surface area contributed by atoms with E-state index in [1.807, 2.05) is 6.92 Å². The molecule has 0 spiro atoms. The minimum Gasteiger partial charge on any atom is -0.357 e. The molecule has 0 aliphatic carbocycles. The van der Waals surface area contributed by atoms with Gasteiger partial charge in [-0.05, 0) is 51.1 Å². The lowest BCUT2D eigenvalue weighted by Gasteiger charge is -2.32. The van der Waals surface area contributed by atoms with E-state index in [9.17, 15) is 8.42 Å². The van der Waals surface area contributed by atoms with Crippen LogP contribution >= 0.6 is 0 Å². The van der Waals surface area contributed by atoms with Crippen molar-refractivity contribution in [2.75, 3.05) is 38.5 Å². The van der Waals surface area contributed by atoms with E-state index in [1.165, 1.54) is 18.4 Å². The molecule has 2 N–H and O–H groups in total. The molecule has 31 heavy (non-hydrogen) atoms. The van der Waals surface area contributed by atoms with Crippen LogP contribution in [0.25, 0.3) is 0 Å². The summed E-state index contributed by atoms with van der Waals surface area (Å²) in [7, 11) is -3.09. The van der Waals surface area contributed by atoms with Crippen LogP contribution in [0.2, 0.25) is 0 Å². The zero-order chi connectivity index (χ0) is 22.1. The molecule has 0 amide bonds. The molecule has 1 atom stereocenters. The molecule has 0 radical (unpaired) electrons. The Kier molecular flexibility index (Phi) is 9.16. The molecule has 2 fully saturated rings. The molecule has 0 saturated carbocycles. The van der Waals surface area contributed by atoms with E-state index in [1.54, 1.807) is 4.31 Å². The van der Waals surface area contributed by atoms with Crippen LogP contribution in [0.1, 0.15) is 51.5 Å². The molecule has 2 aliphatic rings. The van der Waals surface area contributed by atoms with Crippen LogP contribution in [-0.4, -0.2) is 74.1 Å². The minimum absolute atomic E-state index is 0.246. The second-order valence-electron chi connectivity index (χ2n) is 8.61. The summed E-state index contributed by atoms with van der Waals surface area (Å²) in [5.41, 5.74) is 1.35. The molecular formula is C23H39N5O2S. The number of rotatable bonds is 9. The van der Waals surface area contributed by atoms with Crippen LogP contribution in [0.15, 0.2) is 35.3 Å². The van der Waals surface area contributed by atoms with Gasteiger partial charge in [-0.3, -0.25) is 9.89 Å². The Bertz CT molecular complexity index is 791. The van der Waals surface area contributed by atoms with Gasteiger partial charge in [0.2, 0.25) is 10.0 Å². The number of hydrogen-bond donors (Lipinski definition) is 2. The summed E-state index contributed by atoms with van der Waals surface area (Å²) in [4.78, 5) is 7.44. The second kappa shape index (κ2) is 11.8. The second-order valence-corrected chi connectivity index (χ2v) is 10.7. The van der Waals surface area contributed by atoms with Crippen molar-refractivity contribution >= 4 is 16.0 Å². The molecule has 174 valence electrons. The van der Waals surface area contributed by atoms with Crippen molar-refractivity contribution in [3.05, 3.63) is 35.9 Å². The van der Waals surface area contributed by atoms with Crippen molar-refractivity contribution in [3.8, 4) is 0 Å². The van der Waals surface area contributed by atoms with Gasteiger partial charge in [0, 0.05) is 38.3 Å². The molecule has 2 aliphatic heterocycles. The van der Waals surface area contributed by atoms with Crippen molar-refractivity contribution in [1.82, 2.24) is 19.8 Å². The van der Waals surface area contributed by atoms with Gasteiger partial charge in [0.15, 0.2) is 5.96 Å². The van der Waals surface area contributed by atoms with Crippen LogP contribution in [-0.2, 0) is 16.6 Å². The molecule has 2 saturated heterocycles. The van der Waals surface area contributed by atoms with Gasteiger partial charge in [-0.2, -0.15) is 0 Å². The SMILES string of the molecule is CCCS(=O)(=O)N1CCC(NC(=NCC2CCCN2Cc2ccccc2)NCC)CC1. The average molecular weight is 450 g/mol. The van der Waals surface area contributed by atoms with Gasteiger partial charge >= 0.3 is 0 Å². The van der Waals surface area contributed by atoms with E-state index < -0.39 is 10.0 Å². The zero-order valence-electron chi connectivity index (χ0n) is 19.1. The van der Waals surface area contributed by atoms with Crippen molar-refractivity contribution in [2.24, 2.45) is 4.99 Å². The molecule has 8 heteroatoms. The highest BCUT2D eigenvalue weighted by Gasteiger charge is 2.28. The van der Waals surface area contributed by atoms with Gasteiger partial charge in [0.05, 0.1) is 12.3 Å². The highest BCUT2D eigenvalue weighted by Crippen LogP contribution is 2.20. The maximum absolute atomic E-state index is 12.3. The standard InChI is InChI=1S/C23H39N5O2S/c1-3-17-31(29,30)28-15-12-21(13-16-28)26-23(24-4-2)25-18-22-11-8-14-27(22)19-20-9-6-5-7-10-20/h5-7,9-10,21-22H,3-4,8,11-19H2,1-2H3,(H2,24,25,26). The van der Waals surface area contributed by atoms with Gasteiger partial charge < -0.3 is 10.6 Å². The Morgan fingerprint density at radius 2 is 1.84 bits per heavy atom. The smallest absolute Gasteiger partial charge is 0.214 e. The lowest BCUT2D eigenvalue weighted by molar-refractivity contribution is 0.250. The first kappa shape index (κ1) is 24.0. The largest absolute Gasteiger partial charge is 0.357 e. The summed E-state index contributed by atoms with van der Waals surface area (Å²) in [5.74, 6) is 1.10. The van der Waals surface area contributed by atoms with E-state index in [2.05, 4.69) is 52.8 Å². The fourth-order valence-electron chi connectivity index (χ4n) is 4.50. The number of nitrogens with one attached hydrogen (secondary N) is 2. The van der Waals surface area contributed by atoms with E-state index in [4.69, 9.17) is 4.99 Å². The number of sulfonamides is 1. The molecule has 7 nitrogen and oxygen atoms in total. The molecule has 0 bridgehead atoms. The average Bonchev–Trinajstić information content (AvgIpc) is 3.20. The Balaban J connectivity index is 1.52. The Morgan fingerprint density at radius 3 is 2.52 bits per heavy atom. The van der Waals surface area contributed by atoms with Gasteiger partial charge in [-0.1, -0.05) is 37.3 Å². The topological polar surface area (TPSA) is 77.0 Å². The van der Waals surface area contributed by atoms with Crippen LogP contribution in [0.4, 0.5) is 0 Å². The van der Waals surface area contributed by atoms with E-state index in [0.29, 0.717) is 25.6 Å². The third kappa shape index (κ3) is 7.19. The summed E-state index contributed by atoms with van der Waals surface area (Å²) in [6, 6.07) is 11.4. The Morgan fingerprint density at radius 1 is 1.10 bits per heavy atom. The van der Waals surface area contributed by atoms with Crippen molar-refractivity contribution < 1.29 is 8.42 Å². The number of likely N-dealkylation sites (tertiary alicyclic amines) is 1. The lowest BCUT2D eigenvalue weighted by Crippen LogP contribution is -2.50. The fraction of sp³-hybridized carbons (Fsp3) is 0.696. The van der Waals surface area contributed by atoms with Crippen LogP contribution in [0.5, 0.6) is 0 Å². The van der Waals surface area contributed by atoms with Gasteiger partial charge in [-0.15, -0.1) is 0 Å². The summed E-state index contributed by atoms with van der Waals surface area (Å²) in [5, 5.41) is 6.92. The number of aliphatic imine (C=N–C) groups is 1. The first-order valence-corrected chi connectivity index (χ1v) is 13.4. The number of benzene rings is 1. The van der Waals surface area contributed by atoms with E-state index >= 15 is 0 Å². The highest BCUT2D eigenvalue weighted by molar-refractivity contribution is 7.89. The molecule has 1 aromatic rings. The van der Waals surface area contributed by atoms with E-state index in [-0.39, 0.29) is 11.8 Å². The number of nitrogens with zero attached hydrogens (tertiary/aromatic N) is 3. The van der Waals surface area contributed by atoms with Crippen molar-refractivity contribution in [2.45, 2.75) is 64.6 Å². The number of hydrogen-bond acceptors (Lipinski definition) is 4. The first-order chi connectivity index (χ1) is 15.0. The summed E-state index contributed by atoms with van der Waals surface area (Å²) in [6.07, 6.45) is 4.71. The van der Waals surface area contributed by atoms with Crippen LogP contribution < -0.4 is 10.6 Å². The minimum atomic E-state index is -3.09. The summed E-state index contributed by atoms with van der Waals surface area (Å²) in [6.45, 7) is 8.88. The Labute approximate surface area is 188 Å². The normalized spacial score (nSPS) is 22.0. The maximum atomic E-state index is 12.3. The molecule has 2 heterocycles. The molecule has 1 aromatic carbocycles. The van der Waals surface area contributed by atoms with Crippen molar-refractivity contribution in [1.29, 1.82) is 0 Å². The monoisotopic (exact) mass is 449 g/mol. The predicted molar refractivity (Wildman–Crippen MR) is 128 cm³/mol. The fourth-order valence-corrected chi connectivity index (χ4v) is 6.04. The third-order valence-corrected chi connectivity index (χ3v) is 8.26. The highest BCUT2D eigenvalue weighted by atomic mass is 32.2. The zero-order valence-corrected chi connectivity index (χ0v) is 19.9. The summed E-state index contributed by atoms with van der Waals surface area (Å²) < 4.78 is 26.2. The number of guanidine groups is 1. The summed E-state index contributed by atoms with van der Waals surface area (Å²) >= 11 is 0. The van der Waals surface area contributed by atoms with Crippen LogP contribution in [0, 0.1) is 0 Å². The molecule has 3 rings (SSSR count). The third-order valence-electron chi connectivity index (χ3n) is 6.18. The van der Waals surface area contributed by atoms with Gasteiger partial charge in [-0.25, -0.2) is 12.7 Å². The maximum Gasteiger partial charge on any atom is 0.214 e. The van der Waals surface area contributed by atoms with Crippen molar-refractivity contribution in [3.63, 3.8) is 0 Å². The lowest BCUT2D eigenvalue weighted by atomic mass is 10.1. The van der Waals surface area contributed by atoms with Gasteiger partial charge in [0.25, 0.3) is 0 Å². The molecule has 0 aromatic heterocycles. The van der Waals surface area contributed by atoms with Gasteiger partial charge in [0.1, 0.15) is 0 Å². The number of piperidine rings is 1. The van der Waals surface area contributed by atoms with Crippen LogP contribution in [0.3, 0.4) is 0 Å². The molecular weight excluding hydrogens is 410 g/mol. The van der Waals surface area contributed by atoms with E-state index in [0.717, 1.165) is 45.0 Å². The predicted octanol–water partition coefficient (Wildman–Crippen LogP) is 2.41.